The summed E-state index contributed by atoms with van der Waals surface area (Å²) in [5.74, 6) is 0.0343. The van der Waals surface area contributed by atoms with Crippen LogP contribution in [0, 0.1) is 0 Å². The van der Waals surface area contributed by atoms with Gasteiger partial charge in [-0.1, -0.05) is 18.7 Å². The summed E-state index contributed by atoms with van der Waals surface area (Å²) in [4.78, 5) is 11.5. The number of carbonyl (C=O) groups is 1. The second-order valence-electron chi connectivity index (χ2n) is 3.87. The smallest absolute Gasteiger partial charge is 0.333 e. The molecule has 4 heteroatoms. The molecule has 1 aromatic carbocycles. The lowest BCUT2D eigenvalue weighted by Gasteiger charge is -2.07. The van der Waals surface area contributed by atoms with Gasteiger partial charge in [0.2, 0.25) is 0 Å². The first kappa shape index (κ1) is 14.8. The zero-order valence-electron chi connectivity index (χ0n) is 11.2. The van der Waals surface area contributed by atoms with Crippen molar-refractivity contribution in [1.82, 2.24) is 0 Å². The largest absolute Gasteiger partial charge is 0.504 e. The topological polar surface area (TPSA) is 55.8 Å². The zero-order chi connectivity index (χ0) is 14.3. The molecule has 0 aliphatic heterocycles. The lowest BCUT2D eigenvalue weighted by Crippen LogP contribution is -2.04. The molecule has 0 saturated heterocycles. The van der Waals surface area contributed by atoms with E-state index in [9.17, 15) is 9.90 Å². The highest BCUT2D eigenvalue weighted by molar-refractivity contribution is 5.93. The number of carbonyl (C=O) groups excluding carboxylic acids is 1. The third-order valence-corrected chi connectivity index (χ3v) is 2.32. The van der Waals surface area contributed by atoms with Crippen LogP contribution in [0.5, 0.6) is 11.5 Å². The van der Waals surface area contributed by atoms with Crippen LogP contribution in [0.3, 0.4) is 0 Å². The second-order valence-corrected chi connectivity index (χ2v) is 3.87. The van der Waals surface area contributed by atoms with Gasteiger partial charge in [0, 0.05) is 5.57 Å². The van der Waals surface area contributed by atoms with Gasteiger partial charge in [-0.3, -0.25) is 0 Å². The Morgan fingerprint density at radius 3 is 2.79 bits per heavy atom. The monoisotopic (exact) mass is 262 g/mol. The van der Waals surface area contributed by atoms with E-state index in [1.54, 1.807) is 38.1 Å². The number of aromatic hydroxyl groups is 1. The summed E-state index contributed by atoms with van der Waals surface area (Å²) in [6.45, 7) is 7.61. The minimum absolute atomic E-state index is 0.0206. The van der Waals surface area contributed by atoms with Crippen molar-refractivity contribution in [3.05, 3.63) is 42.0 Å². The Kier molecular flexibility index (Phi) is 5.67. The molecule has 4 nitrogen and oxygen atoms in total. The molecule has 0 aliphatic rings. The average Bonchev–Trinajstić information content (AvgIpc) is 2.38. The lowest BCUT2D eigenvalue weighted by atomic mass is 10.1. The van der Waals surface area contributed by atoms with E-state index in [0.717, 1.165) is 0 Å². The van der Waals surface area contributed by atoms with Gasteiger partial charge >= 0.3 is 5.97 Å². The Morgan fingerprint density at radius 1 is 1.47 bits per heavy atom. The number of hydrogen-bond donors (Lipinski definition) is 1. The van der Waals surface area contributed by atoms with Crippen molar-refractivity contribution >= 4 is 12.0 Å². The van der Waals surface area contributed by atoms with Crippen LogP contribution in [0.15, 0.2) is 36.4 Å². The molecule has 0 amide bonds. The van der Waals surface area contributed by atoms with Crippen LogP contribution in [-0.4, -0.2) is 24.3 Å². The number of phenolic OH excluding ortho intramolecular Hbond substituents is 1. The zero-order valence-corrected chi connectivity index (χ0v) is 11.2. The number of hydrogen-bond acceptors (Lipinski definition) is 4. The summed E-state index contributed by atoms with van der Waals surface area (Å²) in [6.07, 6.45) is 3.24. The number of ether oxygens (including phenoxy) is 2. The fourth-order valence-electron chi connectivity index (χ4n) is 1.45. The van der Waals surface area contributed by atoms with Crippen LogP contribution in [0.2, 0.25) is 0 Å². The molecule has 0 aliphatic carbocycles. The number of rotatable bonds is 6. The Bertz CT molecular complexity index is 489. The minimum atomic E-state index is -0.367. The van der Waals surface area contributed by atoms with Crippen molar-refractivity contribution in [2.75, 3.05) is 13.2 Å². The highest BCUT2D eigenvalue weighted by Crippen LogP contribution is 2.27. The maximum Gasteiger partial charge on any atom is 0.333 e. The first-order chi connectivity index (χ1) is 9.08. The molecule has 0 atom stereocenters. The molecule has 0 aromatic heterocycles. The van der Waals surface area contributed by atoms with Gasteiger partial charge in [-0.05, 0) is 37.6 Å². The third-order valence-electron chi connectivity index (χ3n) is 2.32. The molecule has 1 N–H and O–H groups in total. The van der Waals surface area contributed by atoms with E-state index in [1.807, 2.05) is 0 Å². The Balaban J connectivity index is 2.85. The van der Waals surface area contributed by atoms with Gasteiger partial charge in [-0.2, -0.15) is 0 Å². The quantitative estimate of drug-likeness (QED) is 0.486. The van der Waals surface area contributed by atoms with Crippen LogP contribution in [0.25, 0.3) is 6.08 Å². The Hall–Kier alpha value is -2.23. The molecule has 0 saturated carbocycles. The molecule has 0 unspecified atom stereocenters. The highest BCUT2D eigenvalue weighted by Gasteiger charge is 2.06. The molecule has 102 valence electrons. The van der Waals surface area contributed by atoms with Gasteiger partial charge in [0.25, 0.3) is 0 Å². The predicted octanol–water partition coefficient (Wildman–Crippen LogP) is 2.92. The van der Waals surface area contributed by atoms with E-state index >= 15 is 0 Å². The van der Waals surface area contributed by atoms with Crippen molar-refractivity contribution in [2.45, 2.75) is 13.8 Å². The molecule has 0 bridgehead atoms. The SMILES string of the molecule is C=CCOc1ccc(/C=C(\C)C(=O)OCC)cc1O. The fourth-order valence-corrected chi connectivity index (χ4v) is 1.45. The van der Waals surface area contributed by atoms with Crippen LogP contribution >= 0.6 is 0 Å². The molecular formula is C15H18O4. The van der Waals surface area contributed by atoms with Crippen molar-refractivity contribution < 1.29 is 19.4 Å². The van der Waals surface area contributed by atoms with E-state index in [2.05, 4.69) is 6.58 Å². The Morgan fingerprint density at radius 2 is 2.21 bits per heavy atom. The van der Waals surface area contributed by atoms with E-state index in [0.29, 0.717) is 30.1 Å². The first-order valence-electron chi connectivity index (χ1n) is 6.00. The molecule has 0 radical (unpaired) electrons. The fraction of sp³-hybridized carbons (Fsp3) is 0.267. The normalized spacial score (nSPS) is 10.9. The maximum absolute atomic E-state index is 11.5. The summed E-state index contributed by atoms with van der Waals surface area (Å²) < 4.78 is 10.1. The van der Waals surface area contributed by atoms with E-state index in [-0.39, 0.29) is 11.7 Å². The van der Waals surface area contributed by atoms with Crippen molar-refractivity contribution in [1.29, 1.82) is 0 Å². The van der Waals surface area contributed by atoms with E-state index in [4.69, 9.17) is 9.47 Å². The molecule has 0 heterocycles. The summed E-state index contributed by atoms with van der Waals surface area (Å²) in [5.41, 5.74) is 1.18. The number of benzene rings is 1. The lowest BCUT2D eigenvalue weighted by molar-refractivity contribution is -0.138. The molecule has 0 spiro atoms. The van der Waals surface area contributed by atoms with Crippen LogP contribution in [0.1, 0.15) is 19.4 Å². The highest BCUT2D eigenvalue weighted by atomic mass is 16.5. The summed E-state index contributed by atoms with van der Waals surface area (Å²) >= 11 is 0. The molecule has 1 rings (SSSR count). The predicted molar refractivity (Wildman–Crippen MR) is 74.1 cm³/mol. The Labute approximate surface area is 113 Å². The van der Waals surface area contributed by atoms with Gasteiger partial charge < -0.3 is 14.6 Å². The van der Waals surface area contributed by atoms with Crippen molar-refractivity contribution in [3.63, 3.8) is 0 Å². The summed E-state index contributed by atoms with van der Waals surface area (Å²) in [5, 5.41) is 9.77. The van der Waals surface area contributed by atoms with Crippen molar-refractivity contribution in [3.8, 4) is 11.5 Å². The molecule has 0 fully saturated rings. The average molecular weight is 262 g/mol. The van der Waals surface area contributed by atoms with Gasteiger partial charge in [-0.15, -0.1) is 0 Å². The van der Waals surface area contributed by atoms with Gasteiger partial charge in [0.15, 0.2) is 11.5 Å². The minimum Gasteiger partial charge on any atom is -0.504 e. The molecular weight excluding hydrogens is 244 g/mol. The van der Waals surface area contributed by atoms with E-state index < -0.39 is 0 Å². The second kappa shape index (κ2) is 7.26. The molecule has 1 aromatic rings. The van der Waals surface area contributed by atoms with Crippen molar-refractivity contribution in [2.24, 2.45) is 0 Å². The summed E-state index contributed by atoms with van der Waals surface area (Å²) in [7, 11) is 0. The number of phenols is 1. The van der Waals surface area contributed by atoms with Crippen LogP contribution in [-0.2, 0) is 9.53 Å². The standard InChI is InChI=1S/C15H18O4/c1-4-8-19-14-7-6-12(10-13(14)16)9-11(3)15(17)18-5-2/h4,6-7,9-10,16H,1,5,8H2,2-3H3/b11-9+. The van der Waals surface area contributed by atoms with Gasteiger partial charge in [0.05, 0.1) is 6.61 Å². The maximum atomic E-state index is 11.5. The summed E-state index contributed by atoms with van der Waals surface area (Å²) in [6, 6.07) is 4.92. The van der Waals surface area contributed by atoms with Gasteiger partial charge in [-0.25, -0.2) is 4.79 Å². The first-order valence-corrected chi connectivity index (χ1v) is 6.00. The molecule has 19 heavy (non-hydrogen) atoms. The van der Waals surface area contributed by atoms with Gasteiger partial charge in [0.1, 0.15) is 6.61 Å². The van der Waals surface area contributed by atoms with E-state index in [1.165, 1.54) is 6.07 Å². The number of esters is 1. The third kappa shape index (κ3) is 4.50. The van der Waals surface area contributed by atoms with Crippen LogP contribution < -0.4 is 4.74 Å². The van der Waals surface area contributed by atoms with Crippen LogP contribution in [0.4, 0.5) is 0 Å².